The Bertz CT molecular complexity index is 155. The molecule has 11 heavy (non-hydrogen) atoms. The van der Waals surface area contributed by atoms with Crippen molar-refractivity contribution in [3.05, 3.63) is 0 Å². The molecule has 0 radical (unpaired) electrons. The van der Waals surface area contributed by atoms with Crippen LogP contribution in [-0.4, -0.2) is 17.0 Å². The standard InChI is InChI=1S/C9H14ClN/c10-9-3-6-1-7(4-9)11-8(2-6)5-9/h6-8,11H,1-5H2. The monoisotopic (exact) mass is 171 g/mol. The molecule has 0 aromatic heterocycles. The molecule has 62 valence electrons. The van der Waals surface area contributed by atoms with Gasteiger partial charge in [-0.2, -0.15) is 0 Å². The van der Waals surface area contributed by atoms with Crippen molar-refractivity contribution in [2.45, 2.75) is 49.1 Å². The van der Waals surface area contributed by atoms with E-state index in [-0.39, 0.29) is 4.87 Å². The summed E-state index contributed by atoms with van der Waals surface area (Å²) < 4.78 is 0. The molecule has 2 unspecified atom stereocenters. The third-order valence-corrected chi connectivity index (χ3v) is 4.05. The molecule has 2 saturated heterocycles. The van der Waals surface area contributed by atoms with E-state index in [2.05, 4.69) is 5.32 Å². The lowest BCUT2D eigenvalue weighted by molar-refractivity contribution is 0.0763. The highest BCUT2D eigenvalue weighted by Crippen LogP contribution is 2.50. The van der Waals surface area contributed by atoms with Crippen LogP contribution in [0.1, 0.15) is 32.1 Å². The van der Waals surface area contributed by atoms with E-state index < -0.39 is 0 Å². The molecule has 0 aromatic rings. The molecule has 2 aliphatic carbocycles. The Hall–Kier alpha value is 0.250. The Balaban J connectivity index is 1.94. The third kappa shape index (κ3) is 0.940. The van der Waals surface area contributed by atoms with Gasteiger partial charge in [-0.15, -0.1) is 11.6 Å². The van der Waals surface area contributed by atoms with Crippen molar-refractivity contribution < 1.29 is 0 Å². The highest BCUT2D eigenvalue weighted by molar-refractivity contribution is 6.24. The summed E-state index contributed by atoms with van der Waals surface area (Å²) in [5.41, 5.74) is 0. The molecule has 4 aliphatic rings. The maximum atomic E-state index is 6.49. The predicted octanol–water partition coefficient (Wildman–Crippen LogP) is 1.90. The van der Waals surface area contributed by atoms with Crippen molar-refractivity contribution in [1.29, 1.82) is 0 Å². The molecule has 1 N–H and O–H groups in total. The van der Waals surface area contributed by atoms with Gasteiger partial charge >= 0.3 is 0 Å². The van der Waals surface area contributed by atoms with Crippen molar-refractivity contribution in [2.75, 3.05) is 0 Å². The van der Waals surface area contributed by atoms with Gasteiger partial charge in [-0.1, -0.05) is 0 Å². The van der Waals surface area contributed by atoms with Crippen molar-refractivity contribution in [3.8, 4) is 0 Å². The first-order valence-electron chi connectivity index (χ1n) is 4.68. The summed E-state index contributed by atoms with van der Waals surface area (Å²) in [6.07, 6.45) is 6.53. The fraction of sp³-hybridized carbons (Fsp3) is 1.00. The molecule has 1 nitrogen and oxygen atoms in total. The number of hydrogen-bond acceptors (Lipinski definition) is 1. The van der Waals surface area contributed by atoms with Gasteiger partial charge in [-0.05, 0) is 38.0 Å². The molecule has 2 heterocycles. The number of alkyl halides is 1. The number of rotatable bonds is 0. The summed E-state index contributed by atoms with van der Waals surface area (Å²) in [4.78, 5) is 0.210. The number of piperidine rings is 2. The van der Waals surface area contributed by atoms with Crippen LogP contribution in [0.3, 0.4) is 0 Å². The van der Waals surface area contributed by atoms with Gasteiger partial charge in [-0.3, -0.25) is 0 Å². The molecule has 0 aromatic carbocycles. The van der Waals surface area contributed by atoms with Gasteiger partial charge in [-0.25, -0.2) is 0 Å². The molecule has 4 fully saturated rings. The van der Waals surface area contributed by atoms with Gasteiger partial charge in [0.25, 0.3) is 0 Å². The Morgan fingerprint density at radius 2 is 1.73 bits per heavy atom. The SMILES string of the molecule is ClC12CC3CC(C1)NC(C3)C2. The first-order chi connectivity index (χ1) is 5.23. The predicted molar refractivity (Wildman–Crippen MR) is 45.9 cm³/mol. The van der Waals surface area contributed by atoms with Gasteiger partial charge in [0.05, 0.1) is 0 Å². The van der Waals surface area contributed by atoms with Crippen molar-refractivity contribution in [3.63, 3.8) is 0 Å². The molecular weight excluding hydrogens is 158 g/mol. The normalized spacial score (nSPS) is 60.3. The minimum absolute atomic E-state index is 0.210. The average molecular weight is 172 g/mol. The van der Waals surface area contributed by atoms with E-state index in [0.717, 1.165) is 18.0 Å². The van der Waals surface area contributed by atoms with Gasteiger partial charge in [0.15, 0.2) is 0 Å². The van der Waals surface area contributed by atoms with Crippen LogP contribution in [0.2, 0.25) is 0 Å². The Morgan fingerprint density at radius 3 is 2.18 bits per heavy atom. The summed E-state index contributed by atoms with van der Waals surface area (Å²) in [5, 5.41) is 3.65. The van der Waals surface area contributed by atoms with Crippen LogP contribution in [0.4, 0.5) is 0 Å². The Labute approximate surface area is 72.5 Å². The smallest absolute Gasteiger partial charge is 0.0479 e. The van der Waals surface area contributed by atoms with E-state index in [1.807, 2.05) is 0 Å². The summed E-state index contributed by atoms with van der Waals surface area (Å²) >= 11 is 6.49. The van der Waals surface area contributed by atoms with E-state index in [1.54, 1.807) is 0 Å². The van der Waals surface area contributed by atoms with E-state index >= 15 is 0 Å². The molecular formula is C9H14ClN. The summed E-state index contributed by atoms with van der Waals surface area (Å²) in [5.74, 6) is 0.950. The number of halogens is 1. The lowest BCUT2D eigenvalue weighted by Gasteiger charge is -2.54. The van der Waals surface area contributed by atoms with Crippen LogP contribution in [-0.2, 0) is 0 Å². The third-order valence-electron chi connectivity index (χ3n) is 3.59. The number of nitrogens with one attached hydrogen (secondary N) is 1. The number of hydrogen-bond donors (Lipinski definition) is 1. The molecule has 0 spiro atoms. The summed E-state index contributed by atoms with van der Waals surface area (Å²) in [6, 6.07) is 1.53. The van der Waals surface area contributed by atoms with Gasteiger partial charge in [0.2, 0.25) is 0 Å². The van der Waals surface area contributed by atoms with E-state index in [0.29, 0.717) is 0 Å². The van der Waals surface area contributed by atoms with Crippen LogP contribution in [0.15, 0.2) is 0 Å². The Morgan fingerprint density at radius 1 is 1.09 bits per heavy atom. The Kier molecular flexibility index (Phi) is 1.19. The summed E-state index contributed by atoms with van der Waals surface area (Å²) in [6.45, 7) is 0. The zero-order valence-corrected chi connectivity index (χ0v) is 7.40. The van der Waals surface area contributed by atoms with Crippen molar-refractivity contribution in [2.24, 2.45) is 5.92 Å². The maximum absolute atomic E-state index is 6.49. The van der Waals surface area contributed by atoms with E-state index in [1.165, 1.54) is 32.1 Å². The molecule has 4 bridgehead atoms. The fourth-order valence-electron chi connectivity index (χ4n) is 3.47. The minimum atomic E-state index is 0.210. The maximum Gasteiger partial charge on any atom is 0.0479 e. The van der Waals surface area contributed by atoms with Crippen LogP contribution < -0.4 is 5.32 Å². The molecule has 4 rings (SSSR count). The second-order valence-electron chi connectivity index (χ2n) is 4.66. The van der Waals surface area contributed by atoms with Crippen molar-refractivity contribution in [1.82, 2.24) is 5.32 Å². The van der Waals surface area contributed by atoms with Crippen LogP contribution >= 0.6 is 11.6 Å². The molecule has 0 amide bonds. The highest BCUT2D eigenvalue weighted by Gasteiger charge is 2.49. The molecule has 2 saturated carbocycles. The van der Waals surface area contributed by atoms with Crippen molar-refractivity contribution >= 4 is 11.6 Å². The topological polar surface area (TPSA) is 12.0 Å². The minimum Gasteiger partial charge on any atom is -0.311 e. The second kappa shape index (κ2) is 1.94. The van der Waals surface area contributed by atoms with Gasteiger partial charge in [0, 0.05) is 17.0 Å². The largest absolute Gasteiger partial charge is 0.311 e. The van der Waals surface area contributed by atoms with Crippen LogP contribution in [0, 0.1) is 5.92 Å². The van der Waals surface area contributed by atoms with Crippen LogP contribution in [0.5, 0.6) is 0 Å². The zero-order valence-electron chi connectivity index (χ0n) is 6.65. The quantitative estimate of drug-likeness (QED) is 0.549. The van der Waals surface area contributed by atoms with Gasteiger partial charge < -0.3 is 5.32 Å². The molecule has 2 heteroatoms. The average Bonchev–Trinajstić information content (AvgIpc) is 1.79. The van der Waals surface area contributed by atoms with E-state index in [4.69, 9.17) is 11.6 Å². The lowest BCUT2D eigenvalue weighted by atomic mass is 9.64. The fourth-order valence-corrected chi connectivity index (χ4v) is 4.06. The highest BCUT2D eigenvalue weighted by atomic mass is 35.5. The summed E-state index contributed by atoms with van der Waals surface area (Å²) in [7, 11) is 0. The lowest BCUT2D eigenvalue weighted by Crippen LogP contribution is -2.60. The van der Waals surface area contributed by atoms with E-state index in [9.17, 15) is 0 Å². The first kappa shape index (κ1) is 6.73. The zero-order chi connectivity index (χ0) is 7.47. The molecule has 2 aliphatic heterocycles. The molecule has 2 atom stereocenters. The first-order valence-corrected chi connectivity index (χ1v) is 5.06. The van der Waals surface area contributed by atoms with Gasteiger partial charge in [0.1, 0.15) is 0 Å². The van der Waals surface area contributed by atoms with Crippen LogP contribution in [0.25, 0.3) is 0 Å². The second-order valence-corrected chi connectivity index (χ2v) is 5.46.